The summed E-state index contributed by atoms with van der Waals surface area (Å²) in [6.07, 6.45) is -3.40. The molecule has 10 nitrogen and oxygen atoms in total. The maximum atomic E-state index is 12.1. The number of hydrogen-bond acceptors (Lipinski definition) is 8. The Hall–Kier alpha value is -2.17. The van der Waals surface area contributed by atoms with Crippen LogP contribution in [0.4, 0.5) is 0 Å². The van der Waals surface area contributed by atoms with Crippen LogP contribution in [-0.4, -0.2) is 68.2 Å². The Balaban J connectivity index is 2.57. The number of fused-ring (bicyclic) bond motifs is 1. The molecule has 134 valence electrons. The monoisotopic (exact) mass is 344 g/mol. The van der Waals surface area contributed by atoms with E-state index in [0.29, 0.717) is 0 Å². The van der Waals surface area contributed by atoms with Crippen LogP contribution in [-0.2, 0) is 19.1 Å². The SMILES string of the molecule is C[C@H](N)C(=O)N[C@@H]1[C@H]2C(=C(O)C[C@@H](O)[C@@H]2O)C(=O)O[C@@]1(C)C(=O)O. The number of aliphatic carboxylic acids is 1. The van der Waals surface area contributed by atoms with Crippen molar-refractivity contribution in [3.05, 3.63) is 11.3 Å². The first kappa shape index (κ1) is 18.2. The number of rotatable bonds is 3. The Kier molecular flexibility index (Phi) is 4.57. The van der Waals surface area contributed by atoms with Crippen LogP contribution in [0.1, 0.15) is 20.3 Å². The van der Waals surface area contributed by atoms with Crippen LogP contribution in [0.5, 0.6) is 0 Å². The molecule has 2 rings (SSSR count). The average Bonchev–Trinajstić information content (AvgIpc) is 2.46. The standard InChI is InChI=1S/C14H20N2O8/c1-4(15)11(20)16-10-8-7(5(17)3-6(18)9(8)19)12(21)24-14(10,2)13(22)23/h4,6,8-10,17-19H,3,15H2,1-2H3,(H,16,20)(H,22,23)/t4-,6+,8-,9-,10+,14+/m0/s1. The number of ether oxygens (including phenoxy) is 1. The molecular weight excluding hydrogens is 324 g/mol. The molecule has 24 heavy (non-hydrogen) atoms. The minimum absolute atomic E-state index is 0.360. The normalized spacial score (nSPS) is 37.3. The first-order valence-corrected chi connectivity index (χ1v) is 7.31. The van der Waals surface area contributed by atoms with E-state index < -0.39 is 59.4 Å². The van der Waals surface area contributed by atoms with Crippen molar-refractivity contribution in [3.8, 4) is 0 Å². The van der Waals surface area contributed by atoms with Gasteiger partial charge in [-0.2, -0.15) is 0 Å². The number of hydrogen-bond donors (Lipinski definition) is 6. The van der Waals surface area contributed by atoms with Gasteiger partial charge in [0.15, 0.2) is 0 Å². The molecule has 0 spiro atoms. The van der Waals surface area contributed by atoms with Gasteiger partial charge in [-0.3, -0.25) is 4.79 Å². The van der Waals surface area contributed by atoms with Gasteiger partial charge in [0.1, 0.15) is 5.76 Å². The zero-order valence-corrected chi connectivity index (χ0v) is 13.1. The van der Waals surface area contributed by atoms with E-state index in [1.807, 2.05) is 0 Å². The minimum Gasteiger partial charge on any atom is -0.512 e. The summed E-state index contributed by atoms with van der Waals surface area (Å²) in [4.78, 5) is 35.7. The maximum absolute atomic E-state index is 12.1. The number of carboxylic acid groups (broad SMARTS) is 1. The zero-order chi connectivity index (χ0) is 18.4. The van der Waals surface area contributed by atoms with Crippen molar-refractivity contribution in [3.63, 3.8) is 0 Å². The molecule has 0 aromatic carbocycles. The smallest absolute Gasteiger partial charge is 0.350 e. The average molecular weight is 344 g/mol. The second-order valence-corrected chi connectivity index (χ2v) is 6.22. The summed E-state index contributed by atoms with van der Waals surface area (Å²) in [5, 5.41) is 41.9. The van der Waals surface area contributed by atoms with Crippen molar-refractivity contribution in [2.45, 2.75) is 50.2 Å². The number of cyclic esters (lactones) is 1. The molecular formula is C14H20N2O8. The Morgan fingerprint density at radius 2 is 2.00 bits per heavy atom. The molecule has 0 radical (unpaired) electrons. The second kappa shape index (κ2) is 6.04. The van der Waals surface area contributed by atoms with E-state index in [-0.39, 0.29) is 12.0 Å². The molecule has 1 amide bonds. The molecule has 7 N–H and O–H groups in total. The van der Waals surface area contributed by atoms with E-state index in [1.54, 1.807) is 0 Å². The summed E-state index contributed by atoms with van der Waals surface area (Å²) in [7, 11) is 0. The predicted octanol–water partition coefficient (Wildman–Crippen LogP) is -2.23. The highest BCUT2D eigenvalue weighted by atomic mass is 16.6. The molecule has 1 heterocycles. The third kappa shape index (κ3) is 2.72. The Morgan fingerprint density at radius 1 is 1.42 bits per heavy atom. The predicted molar refractivity (Wildman–Crippen MR) is 77.5 cm³/mol. The van der Waals surface area contributed by atoms with Gasteiger partial charge >= 0.3 is 11.9 Å². The fourth-order valence-corrected chi connectivity index (χ4v) is 2.99. The summed E-state index contributed by atoms with van der Waals surface area (Å²) in [5.74, 6) is -5.30. The van der Waals surface area contributed by atoms with Crippen LogP contribution >= 0.6 is 0 Å². The van der Waals surface area contributed by atoms with Gasteiger partial charge in [-0.1, -0.05) is 0 Å². The number of nitrogens with one attached hydrogen (secondary N) is 1. The molecule has 1 fully saturated rings. The largest absolute Gasteiger partial charge is 0.512 e. The lowest BCUT2D eigenvalue weighted by atomic mass is 9.70. The zero-order valence-electron chi connectivity index (χ0n) is 13.1. The lowest BCUT2D eigenvalue weighted by Gasteiger charge is -2.47. The molecule has 0 unspecified atom stereocenters. The second-order valence-electron chi connectivity index (χ2n) is 6.22. The van der Waals surface area contributed by atoms with Gasteiger partial charge in [-0.05, 0) is 13.8 Å². The molecule has 1 saturated heterocycles. The molecule has 0 bridgehead atoms. The Labute approximate surface area is 136 Å². The summed E-state index contributed by atoms with van der Waals surface area (Å²) in [6.45, 7) is 2.42. The number of carboxylic acids is 1. The molecule has 10 heteroatoms. The Bertz CT molecular complexity index is 616. The highest BCUT2D eigenvalue weighted by molar-refractivity contribution is 5.96. The third-order valence-corrected chi connectivity index (χ3v) is 4.42. The number of carbonyl (C=O) groups excluding carboxylic acids is 2. The van der Waals surface area contributed by atoms with Gasteiger partial charge in [0.25, 0.3) is 0 Å². The minimum atomic E-state index is -2.21. The van der Waals surface area contributed by atoms with Crippen molar-refractivity contribution >= 4 is 17.8 Å². The van der Waals surface area contributed by atoms with Crippen molar-refractivity contribution in [2.75, 3.05) is 0 Å². The quantitative estimate of drug-likeness (QED) is 0.309. The van der Waals surface area contributed by atoms with Gasteiger partial charge in [-0.15, -0.1) is 0 Å². The molecule has 1 aliphatic heterocycles. The van der Waals surface area contributed by atoms with E-state index in [9.17, 15) is 34.8 Å². The van der Waals surface area contributed by atoms with Crippen molar-refractivity contribution < 1.29 is 39.5 Å². The van der Waals surface area contributed by atoms with Gasteiger partial charge in [0.2, 0.25) is 11.5 Å². The number of nitrogens with two attached hydrogens (primary N) is 1. The fourth-order valence-electron chi connectivity index (χ4n) is 2.99. The van der Waals surface area contributed by atoms with Crippen LogP contribution in [0.2, 0.25) is 0 Å². The van der Waals surface area contributed by atoms with Crippen LogP contribution in [0.15, 0.2) is 11.3 Å². The van der Waals surface area contributed by atoms with E-state index in [2.05, 4.69) is 5.32 Å². The number of amides is 1. The van der Waals surface area contributed by atoms with Crippen molar-refractivity contribution in [1.29, 1.82) is 0 Å². The lowest BCUT2D eigenvalue weighted by molar-refractivity contribution is -0.191. The van der Waals surface area contributed by atoms with Crippen molar-refractivity contribution in [1.82, 2.24) is 5.32 Å². The summed E-state index contributed by atoms with van der Waals surface area (Å²) in [5.41, 5.74) is 2.89. The van der Waals surface area contributed by atoms with Crippen LogP contribution in [0.3, 0.4) is 0 Å². The van der Waals surface area contributed by atoms with Crippen LogP contribution in [0, 0.1) is 5.92 Å². The van der Waals surface area contributed by atoms with E-state index in [1.165, 1.54) is 6.92 Å². The van der Waals surface area contributed by atoms with E-state index in [4.69, 9.17) is 10.5 Å². The summed E-state index contributed by atoms with van der Waals surface area (Å²) < 4.78 is 4.95. The number of carbonyl (C=O) groups is 3. The van der Waals surface area contributed by atoms with Gasteiger partial charge in [0, 0.05) is 12.3 Å². The molecule has 0 aromatic rings. The Morgan fingerprint density at radius 3 is 2.50 bits per heavy atom. The van der Waals surface area contributed by atoms with Gasteiger partial charge in [-0.25, -0.2) is 9.59 Å². The molecule has 2 aliphatic rings. The highest BCUT2D eigenvalue weighted by Gasteiger charge is 2.60. The lowest BCUT2D eigenvalue weighted by Crippen LogP contribution is -2.69. The fraction of sp³-hybridized carbons (Fsp3) is 0.643. The number of aliphatic hydroxyl groups is 3. The van der Waals surface area contributed by atoms with Crippen molar-refractivity contribution in [2.24, 2.45) is 11.7 Å². The molecule has 1 aliphatic carbocycles. The molecule has 0 saturated carbocycles. The summed E-state index contributed by atoms with van der Waals surface area (Å²) >= 11 is 0. The summed E-state index contributed by atoms with van der Waals surface area (Å²) in [6, 6.07) is -2.43. The number of aliphatic hydroxyl groups excluding tert-OH is 3. The number of esters is 1. The van der Waals surface area contributed by atoms with E-state index >= 15 is 0 Å². The first-order valence-electron chi connectivity index (χ1n) is 7.31. The first-order chi connectivity index (χ1) is 11.0. The van der Waals surface area contributed by atoms with Crippen LogP contribution in [0.25, 0.3) is 0 Å². The van der Waals surface area contributed by atoms with E-state index in [0.717, 1.165) is 6.92 Å². The molecule has 6 atom stereocenters. The van der Waals surface area contributed by atoms with Gasteiger partial charge < -0.3 is 36.2 Å². The van der Waals surface area contributed by atoms with Gasteiger partial charge in [0.05, 0.1) is 29.9 Å². The topological polar surface area (TPSA) is 179 Å². The highest BCUT2D eigenvalue weighted by Crippen LogP contribution is 2.42. The molecule has 0 aromatic heterocycles. The van der Waals surface area contributed by atoms with Crippen LogP contribution < -0.4 is 11.1 Å². The maximum Gasteiger partial charge on any atom is 0.350 e. The third-order valence-electron chi connectivity index (χ3n) is 4.42.